The lowest BCUT2D eigenvalue weighted by atomic mass is 10.1. The highest BCUT2D eigenvalue weighted by molar-refractivity contribution is 14.0. The minimum atomic E-state index is -4.43. The normalized spacial score (nSPS) is 11.4. The van der Waals surface area contributed by atoms with Gasteiger partial charge < -0.3 is 10.6 Å². The first kappa shape index (κ1) is 21.2. The maximum Gasteiger partial charge on any atom is 0.434 e. The van der Waals surface area contributed by atoms with Crippen LogP contribution in [0.15, 0.2) is 34.6 Å². The highest BCUT2D eigenvalue weighted by Crippen LogP contribution is 2.29. The summed E-state index contributed by atoms with van der Waals surface area (Å²) in [5.74, 6) is 0.432. The summed E-state index contributed by atoms with van der Waals surface area (Å²) in [5.41, 5.74) is 0.561. The molecule has 134 valence electrons. The van der Waals surface area contributed by atoms with E-state index in [2.05, 4.69) is 26.7 Å². The summed E-state index contributed by atoms with van der Waals surface area (Å²) in [7, 11) is 1.56. The van der Waals surface area contributed by atoms with Crippen molar-refractivity contribution in [3.8, 4) is 6.07 Å². The second kappa shape index (κ2) is 9.57. The van der Waals surface area contributed by atoms with Gasteiger partial charge in [-0.25, -0.2) is 4.98 Å². The zero-order valence-corrected chi connectivity index (χ0v) is 16.2. The molecular weight excluding hydrogens is 466 g/mol. The fraction of sp³-hybridized carbons (Fsp3) is 0.267. The Bertz CT molecular complexity index is 767. The van der Waals surface area contributed by atoms with Gasteiger partial charge in [0.1, 0.15) is 5.01 Å². The van der Waals surface area contributed by atoms with Crippen molar-refractivity contribution in [1.29, 1.82) is 5.26 Å². The van der Waals surface area contributed by atoms with E-state index in [-0.39, 0.29) is 30.5 Å². The highest BCUT2D eigenvalue weighted by atomic mass is 127. The van der Waals surface area contributed by atoms with Gasteiger partial charge in [0.2, 0.25) is 0 Å². The van der Waals surface area contributed by atoms with E-state index in [0.717, 1.165) is 22.3 Å². The van der Waals surface area contributed by atoms with E-state index in [0.29, 0.717) is 23.1 Å². The van der Waals surface area contributed by atoms with Gasteiger partial charge in [-0.1, -0.05) is 12.1 Å². The van der Waals surface area contributed by atoms with Gasteiger partial charge in [-0.2, -0.15) is 18.4 Å². The number of benzene rings is 1. The van der Waals surface area contributed by atoms with Crippen molar-refractivity contribution in [1.82, 2.24) is 15.6 Å². The molecule has 1 aromatic carbocycles. The van der Waals surface area contributed by atoms with Crippen LogP contribution < -0.4 is 10.6 Å². The standard InChI is InChI=1S/C15H14F3N5S.HI/c1-20-14(21-7-11-4-2-3-10(5-11)6-19)22-8-13-23-12(9-24-13)15(16,17)18;/h2-5,9H,7-8H2,1H3,(H2,20,21,22);1H. The average molecular weight is 481 g/mol. The lowest BCUT2D eigenvalue weighted by molar-refractivity contribution is -0.140. The number of halogens is 4. The van der Waals surface area contributed by atoms with Crippen LogP contribution >= 0.6 is 35.3 Å². The van der Waals surface area contributed by atoms with E-state index in [9.17, 15) is 13.2 Å². The fourth-order valence-corrected chi connectivity index (χ4v) is 2.58. The molecule has 0 saturated carbocycles. The van der Waals surface area contributed by atoms with Gasteiger partial charge in [-0.3, -0.25) is 4.99 Å². The second-order valence-corrected chi connectivity index (χ2v) is 5.66. The van der Waals surface area contributed by atoms with Crippen molar-refractivity contribution in [2.45, 2.75) is 19.3 Å². The van der Waals surface area contributed by atoms with E-state index in [1.165, 1.54) is 0 Å². The number of thiazole rings is 1. The van der Waals surface area contributed by atoms with E-state index in [1.807, 2.05) is 6.07 Å². The van der Waals surface area contributed by atoms with E-state index >= 15 is 0 Å². The van der Waals surface area contributed by atoms with Gasteiger partial charge in [0.05, 0.1) is 18.2 Å². The molecule has 1 aromatic heterocycles. The minimum absolute atomic E-state index is 0. The van der Waals surface area contributed by atoms with Crippen LogP contribution in [0.4, 0.5) is 13.2 Å². The zero-order chi connectivity index (χ0) is 17.6. The average Bonchev–Trinajstić information content (AvgIpc) is 3.04. The molecule has 5 nitrogen and oxygen atoms in total. The van der Waals surface area contributed by atoms with Crippen LogP contribution in [0.5, 0.6) is 0 Å². The van der Waals surface area contributed by atoms with Crippen LogP contribution in [-0.2, 0) is 19.3 Å². The quantitative estimate of drug-likeness (QED) is 0.399. The Labute approximate surface area is 164 Å². The van der Waals surface area contributed by atoms with Gasteiger partial charge in [-0.15, -0.1) is 35.3 Å². The summed E-state index contributed by atoms with van der Waals surface area (Å²) in [5, 5.41) is 16.1. The number of rotatable bonds is 4. The van der Waals surface area contributed by atoms with Crippen LogP contribution in [0.3, 0.4) is 0 Å². The predicted octanol–water partition coefficient (Wildman–Crippen LogP) is 3.52. The smallest absolute Gasteiger partial charge is 0.352 e. The van der Waals surface area contributed by atoms with Crippen LogP contribution in [0.25, 0.3) is 0 Å². The van der Waals surface area contributed by atoms with Crippen molar-refractivity contribution in [2.75, 3.05) is 7.05 Å². The molecular formula is C15H15F3IN5S. The molecule has 0 atom stereocenters. The number of aromatic nitrogens is 1. The number of aliphatic imine (C=N–C) groups is 1. The van der Waals surface area contributed by atoms with Crippen molar-refractivity contribution in [3.63, 3.8) is 0 Å². The van der Waals surface area contributed by atoms with Gasteiger partial charge in [-0.05, 0) is 17.7 Å². The SMILES string of the molecule is CN=C(NCc1cccc(C#N)c1)NCc1nc(C(F)(F)F)cs1.I. The highest BCUT2D eigenvalue weighted by Gasteiger charge is 2.33. The first-order valence-electron chi connectivity index (χ1n) is 6.87. The molecule has 2 aromatic rings. The molecule has 0 fully saturated rings. The summed E-state index contributed by atoms with van der Waals surface area (Å²) < 4.78 is 37.5. The molecule has 2 N–H and O–H groups in total. The van der Waals surface area contributed by atoms with Gasteiger partial charge in [0.25, 0.3) is 0 Å². The third kappa shape index (κ3) is 6.50. The summed E-state index contributed by atoms with van der Waals surface area (Å²) in [6.07, 6.45) is -4.43. The summed E-state index contributed by atoms with van der Waals surface area (Å²) in [4.78, 5) is 7.54. The number of nitrogens with zero attached hydrogens (tertiary/aromatic N) is 3. The Kier molecular flexibility index (Phi) is 8.11. The topological polar surface area (TPSA) is 73.1 Å². The molecule has 2 rings (SSSR count). The second-order valence-electron chi connectivity index (χ2n) is 4.72. The summed E-state index contributed by atoms with van der Waals surface area (Å²) in [6, 6.07) is 9.15. The molecule has 10 heteroatoms. The van der Waals surface area contributed by atoms with Crippen LogP contribution in [0.1, 0.15) is 21.8 Å². The Morgan fingerprint density at radius 1 is 1.32 bits per heavy atom. The van der Waals surface area contributed by atoms with Crippen molar-refractivity contribution >= 4 is 41.3 Å². The van der Waals surface area contributed by atoms with E-state index in [1.54, 1.807) is 25.2 Å². The molecule has 0 radical (unpaired) electrons. The fourth-order valence-electron chi connectivity index (χ4n) is 1.84. The summed E-state index contributed by atoms with van der Waals surface area (Å²) in [6.45, 7) is 0.569. The molecule has 25 heavy (non-hydrogen) atoms. The maximum atomic E-state index is 12.5. The molecule has 0 aliphatic carbocycles. The van der Waals surface area contributed by atoms with Crippen LogP contribution in [0.2, 0.25) is 0 Å². The van der Waals surface area contributed by atoms with Crippen molar-refractivity contribution < 1.29 is 13.2 Å². The predicted molar refractivity (Wildman–Crippen MR) is 101 cm³/mol. The minimum Gasteiger partial charge on any atom is -0.352 e. The third-order valence-electron chi connectivity index (χ3n) is 2.99. The molecule has 0 saturated heterocycles. The van der Waals surface area contributed by atoms with Crippen LogP contribution in [-0.4, -0.2) is 18.0 Å². The Hall–Kier alpha value is -1.87. The molecule has 0 spiro atoms. The molecule has 0 bridgehead atoms. The molecule has 0 unspecified atom stereocenters. The molecule has 0 aliphatic rings. The first-order chi connectivity index (χ1) is 11.4. The van der Waals surface area contributed by atoms with Crippen molar-refractivity contribution in [2.24, 2.45) is 4.99 Å². The number of hydrogen-bond donors (Lipinski definition) is 2. The Balaban J connectivity index is 0.00000312. The van der Waals surface area contributed by atoms with Crippen molar-refractivity contribution in [3.05, 3.63) is 51.5 Å². The largest absolute Gasteiger partial charge is 0.434 e. The third-order valence-corrected chi connectivity index (χ3v) is 3.84. The summed E-state index contributed by atoms with van der Waals surface area (Å²) >= 11 is 0.936. The van der Waals surface area contributed by atoms with E-state index in [4.69, 9.17) is 5.26 Å². The lowest BCUT2D eigenvalue weighted by Crippen LogP contribution is -2.36. The number of hydrogen-bond acceptors (Lipinski definition) is 4. The zero-order valence-electron chi connectivity index (χ0n) is 13.1. The Morgan fingerprint density at radius 3 is 2.64 bits per heavy atom. The van der Waals surface area contributed by atoms with Gasteiger partial charge >= 0.3 is 6.18 Å². The molecule has 1 heterocycles. The first-order valence-corrected chi connectivity index (χ1v) is 7.75. The molecule has 0 amide bonds. The maximum absolute atomic E-state index is 12.5. The number of nitrogens with one attached hydrogen (secondary N) is 2. The Morgan fingerprint density at radius 2 is 2.04 bits per heavy atom. The van der Waals surface area contributed by atoms with Crippen LogP contribution in [0, 0.1) is 11.3 Å². The van der Waals surface area contributed by atoms with Gasteiger partial charge in [0, 0.05) is 19.0 Å². The molecule has 0 aliphatic heterocycles. The number of nitriles is 1. The van der Waals surface area contributed by atoms with E-state index < -0.39 is 11.9 Å². The monoisotopic (exact) mass is 481 g/mol. The van der Waals surface area contributed by atoms with Gasteiger partial charge in [0.15, 0.2) is 11.7 Å². The number of guanidine groups is 1. The lowest BCUT2D eigenvalue weighted by Gasteiger charge is -2.11. The number of alkyl halides is 3.